The first kappa shape index (κ1) is 20.5. The number of tetrazole rings is 1. The van der Waals surface area contributed by atoms with Crippen LogP contribution in [-0.4, -0.2) is 32.0 Å². The third-order valence-electron chi connectivity index (χ3n) is 4.96. The molecule has 0 aliphatic rings. The molecule has 162 valence electrons. The molecule has 3 aromatic carbocycles. The maximum absolute atomic E-state index is 12.4. The average molecular weight is 455 g/mol. The van der Waals surface area contributed by atoms with E-state index in [1.807, 2.05) is 66.7 Å². The lowest BCUT2D eigenvalue weighted by molar-refractivity contribution is 0.0849. The van der Waals surface area contributed by atoms with Gasteiger partial charge in [0, 0.05) is 15.8 Å². The van der Waals surface area contributed by atoms with Gasteiger partial charge in [-0.2, -0.15) is 4.80 Å². The van der Waals surface area contributed by atoms with E-state index in [1.165, 1.54) is 16.1 Å². The fraction of sp³-hybridized carbons (Fsp3) is 0.0417. The van der Waals surface area contributed by atoms with Gasteiger partial charge in [0.15, 0.2) is 0 Å². The first-order valence-electron chi connectivity index (χ1n) is 10.2. The van der Waals surface area contributed by atoms with Gasteiger partial charge in [-0.1, -0.05) is 60.7 Å². The summed E-state index contributed by atoms with van der Waals surface area (Å²) in [5.74, 6) is -0.199. The molecule has 0 saturated carbocycles. The predicted molar refractivity (Wildman–Crippen MR) is 126 cm³/mol. The number of carbonyl (C=O) groups excluding carboxylic acids is 2. The average Bonchev–Trinajstić information content (AvgIpc) is 3.50. The number of carbonyl (C=O) groups is 2. The van der Waals surface area contributed by atoms with Crippen molar-refractivity contribution in [3.8, 4) is 11.4 Å². The van der Waals surface area contributed by atoms with Crippen LogP contribution < -0.4 is 10.9 Å². The van der Waals surface area contributed by atoms with E-state index in [9.17, 15) is 9.59 Å². The monoisotopic (exact) mass is 454 g/mol. The van der Waals surface area contributed by atoms with Crippen molar-refractivity contribution >= 4 is 33.2 Å². The molecular weight excluding hydrogens is 436 g/mol. The van der Waals surface area contributed by atoms with Crippen molar-refractivity contribution in [3.63, 3.8) is 0 Å². The third-order valence-corrected chi connectivity index (χ3v) is 6.08. The minimum Gasteiger partial charge on any atom is -0.267 e. The summed E-state index contributed by atoms with van der Waals surface area (Å²) in [7, 11) is 0. The fourth-order valence-electron chi connectivity index (χ4n) is 3.28. The minimum absolute atomic E-state index is 0.354. The van der Waals surface area contributed by atoms with Crippen LogP contribution in [-0.2, 0) is 6.54 Å². The Morgan fingerprint density at radius 3 is 2.36 bits per heavy atom. The molecule has 0 aliphatic heterocycles. The highest BCUT2D eigenvalue weighted by atomic mass is 32.1. The summed E-state index contributed by atoms with van der Waals surface area (Å²) in [5.41, 5.74) is 7.17. The minimum atomic E-state index is -0.402. The van der Waals surface area contributed by atoms with Gasteiger partial charge in [-0.05, 0) is 40.4 Å². The number of thiophene rings is 1. The van der Waals surface area contributed by atoms with E-state index < -0.39 is 5.91 Å². The molecule has 2 aromatic heterocycles. The Morgan fingerprint density at radius 1 is 0.848 bits per heavy atom. The van der Waals surface area contributed by atoms with E-state index in [0.29, 0.717) is 22.8 Å². The number of rotatable bonds is 5. The first-order chi connectivity index (χ1) is 16.2. The molecular formula is C24H18N6O2S. The zero-order chi connectivity index (χ0) is 22.6. The Labute approximate surface area is 192 Å². The lowest BCUT2D eigenvalue weighted by Crippen LogP contribution is -2.41. The van der Waals surface area contributed by atoms with E-state index in [-0.39, 0.29) is 5.91 Å². The molecule has 0 spiro atoms. The van der Waals surface area contributed by atoms with E-state index in [4.69, 9.17) is 0 Å². The van der Waals surface area contributed by atoms with Crippen LogP contribution in [0.1, 0.15) is 25.6 Å². The number of amides is 2. The maximum Gasteiger partial charge on any atom is 0.279 e. The molecule has 0 atom stereocenters. The van der Waals surface area contributed by atoms with Crippen LogP contribution >= 0.6 is 11.3 Å². The lowest BCUT2D eigenvalue weighted by Gasteiger charge is -2.07. The van der Waals surface area contributed by atoms with Gasteiger partial charge in [0.1, 0.15) is 0 Å². The highest BCUT2D eigenvalue weighted by Crippen LogP contribution is 2.24. The van der Waals surface area contributed by atoms with Crippen LogP contribution in [0.25, 0.3) is 21.5 Å². The second-order valence-corrected chi connectivity index (χ2v) is 8.35. The molecule has 9 heteroatoms. The highest BCUT2D eigenvalue weighted by Gasteiger charge is 2.12. The van der Waals surface area contributed by atoms with Gasteiger partial charge in [-0.25, -0.2) is 0 Å². The Bertz CT molecular complexity index is 1390. The Balaban J connectivity index is 1.18. The molecule has 0 bridgehead atoms. The fourth-order valence-corrected chi connectivity index (χ4v) is 4.24. The van der Waals surface area contributed by atoms with Crippen molar-refractivity contribution in [1.82, 2.24) is 31.1 Å². The summed E-state index contributed by atoms with van der Waals surface area (Å²) in [5, 5.41) is 13.6. The van der Waals surface area contributed by atoms with Gasteiger partial charge in [-0.3, -0.25) is 20.4 Å². The quantitative estimate of drug-likeness (QED) is 0.395. The van der Waals surface area contributed by atoms with Gasteiger partial charge in [0.25, 0.3) is 11.8 Å². The number of hydrogen-bond donors (Lipinski definition) is 2. The van der Waals surface area contributed by atoms with Crippen molar-refractivity contribution < 1.29 is 9.59 Å². The summed E-state index contributed by atoms with van der Waals surface area (Å²) >= 11 is 1.37. The molecule has 0 aliphatic carbocycles. The van der Waals surface area contributed by atoms with E-state index in [1.54, 1.807) is 18.2 Å². The topological polar surface area (TPSA) is 102 Å². The number of fused-ring (bicyclic) bond motifs is 1. The Kier molecular flexibility index (Phi) is 5.61. The smallest absolute Gasteiger partial charge is 0.267 e. The molecule has 8 nitrogen and oxygen atoms in total. The van der Waals surface area contributed by atoms with Gasteiger partial charge in [0.2, 0.25) is 5.82 Å². The number of hydrazine groups is 1. The summed E-state index contributed by atoms with van der Waals surface area (Å²) in [4.78, 5) is 26.8. The molecule has 5 rings (SSSR count). The lowest BCUT2D eigenvalue weighted by atomic mass is 10.1. The van der Waals surface area contributed by atoms with Gasteiger partial charge >= 0.3 is 0 Å². The molecule has 2 amide bonds. The zero-order valence-electron chi connectivity index (χ0n) is 17.3. The molecule has 2 N–H and O–H groups in total. The van der Waals surface area contributed by atoms with Gasteiger partial charge < -0.3 is 0 Å². The second-order valence-electron chi connectivity index (χ2n) is 7.26. The van der Waals surface area contributed by atoms with Gasteiger partial charge in [-0.15, -0.1) is 21.5 Å². The van der Waals surface area contributed by atoms with Crippen molar-refractivity contribution in [2.24, 2.45) is 0 Å². The number of nitrogens with zero attached hydrogens (tertiary/aromatic N) is 4. The van der Waals surface area contributed by atoms with E-state index in [2.05, 4.69) is 26.3 Å². The normalized spacial score (nSPS) is 10.8. The SMILES string of the molecule is O=C(NNC(=O)c1cc2ccccc2s1)c1ccc(Cn2nnc(-c3ccccc3)n2)cc1. The van der Waals surface area contributed by atoms with Crippen LogP contribution in [0.2, 0.25) is 0 Å². The summed E-state index contributed by atoms with van der Waals surface area (Å²) in [6, 6.07) is 26.2. The van der Waals surface area contributed by atoms with Crippen molar-refractivity contribution in [1.29, 1.82) is 0 Å². The number of nitrogens with one attached hydrogen (secondary N) is 2. The number of benzene rings is 3. The first-order valence-corrected chi connectivity index (χ1v) is 11.0. The number of aromatic nitrogens is 4. The van der Waals surface area contributed by atoms with Crippen molar-refractivity contribution in [2.75, 3.05) is 0 Å². The Hall–Kier alpha value is -4.37. The number of hydrogen-bond acceptors (Lipinski definition) is 6. The van der Waals surface area contributed by atoms with Crippen LogP contribution in [0.15, 0.2) is 84.9 Å². The largest absolute Gasteiger partial charge is 0.279 e. The predicted octanol–water partition coefficient (Wildman–Crippen LogP) is 3.68. The van der Waals surface area contributed by atoms with Crippen LogP contribution in [0.4, 0.5) is 0 Å². The second kappa shape index (κ2) is 9.01. The molecule has 33 heavy (non-hydrogen) atoms. The molecule has 2 heterocycles. The van der Waals surface area contributed by atoms with E-state index >= 15 is 0 Å². The van der Waals surface area contributed by atoms with Crippen LogP contribution in [0.5, 0.6) is 0 Å². The van der Waals surface area contributed by atoms with Crippen molar-refractivity contribution in [2.45, 2.75) is 6.54 Å². The van der Waals surface area contributed by atoms with E-state index in [0.717, 1.165) is 21.2 Å². The third kappa shape index (κ3) is 4.63. The maximum atomic E-state index is 12.4. The molecule has 0 fully saturated rings. The summed E-state index contributed by atoms with van der Waals surface area (Å²) in [6.07, 6.45) is 0. The zero-order valence-corrected chi connectivity index (χ0v) is 18.1. The molecule has 0 radical (unpaired) electrons. The molecule has 5 aromatic rings. The van der Waals surface area contributed by atoms with Gasteiger partial charge in [0.05, 0.1) is 11.4 Å². The highest BCUT2D eigenvalue weighted by molar-refractivity contribution is 7.20. The van der Waals surface area contributed by atoms with Crippen LogP contribution in [0.3, 0.4) is 0 Å². The van der Waals surface area contributed by atoms with Crippen LogP contribution in [0, 0.1) is 0 Å². The van der Waals surface area contributed by atoms with Crippen molar-refractivity contribution in [3.05, 3.63) is 101 Å². The summed E-state index contributed by atoms with van der Waals surface area (Å²) < 4.78 is 1.02. The molecule has 0 saturated heterocycles. The Morgan fingerprint density at radius 2 is 1.58 bits per heavy atom. The standard InChI is InChI=1S/C24H18N6O2S/c31-23(26-27-24(32)21-14-19-8-4-5-9-20(19)33-21)18-12-10-16(11-13-18)15-30-28-22(25-29-30)17-6-2-1-3-7-17/h1-14H,15H2,(H,26,31)(H,27,32). The summed E-state index contributed by atoms with van der Waals surface area (Å²) in [6.45, 7) is 0.421. The molecule has 0 unspecified atom stereocenters.